The van der Waals surface area contributed by atoms with Crippen molar-refractivity contribution in [3.05, 3.63) is 76.2 Å². The van der Waals surface area contributed by atoms with E-state index in [1.165, 1.54) is 75.5 Å². The molecule has 1 N–H and O–H groups in total. The highest BCUT2D eigenvalue weighted by Gasteiger charge is 2.12. The number of hydrogen-bond donors (Lipinski definition) is 1. The molecule has 206 valence electrons. The maximum Gasteiger partial charge on any atom is 0.228 e. The van der Waals surface area contributed by atoms with Gasteiger partial charge in [0.15, 0.2) is 12.7 Å². The number of amides is 1. The predicted molar refractivity (Wildman–Crippen MR) is 160 cm³/mol. The minimum atomic E-state index is -0.00545. The van der Waals surface area contributed by atoms with Crippen molar-refractivity contribution < 1.29 is 14.1 Å². The van der Waals surface area contributed by atoms with Crippen molar-refractivity contribution in [2.75, 3.05) is 11.9 Å². The van der Waals surface area contributed by atoms with Crippen molar-refractivity contribution in [2.24, 2.45) is 0 Å². The smallest absolute Gasteiger partial charge is 0.228 e. The third-order valence-corrected chi connectivity index (χ3v) is 7.77. The Kier molecular flexibility index (Phi) is 14.0. The Morgan fingerprint density at radius 1 is 0.842 bits per heavy atom. The highest BCUT2D eigenvalue weighted by atomic mass is 32.1. The van der Waals surface area contributed by atoms with Gasteiger partial charge in [-0.05, 0) is 37.1 Å². The molecule has 0 radical (unpaired) electrons. The van der Waals surface area contributed by atoms with E-state index in [0.29, 0.717) is 6.42 Å². The summed E-state index contributed by atoms with van der Waals surface area (Å²) in [6.07, 6.45) is 18.6. The first-order chi connectivity index (χ1) is 18.6. The molecule has 0 spiro atoms. The Hall–Kier alpha value is -2.66. The van der Waals surface area contributed by atoms with Crippen LogP contribution in [0.3, 0.4) is 0 Å². The van der Waals surface area contributed by atoms with E-state index in [1.54, 1.807) is 11.3 Å². The number of thiazole rings is 1. The van der Waals surface area contributed by atoms with Crippen molar-refractivity contribution in [3.8, 4) is 5.75 Å². The Balaban J connectivity index is 1.28. The summed E-state index contributed by atoms with van der Waals surface area (Å²) in [5, 5.41) is 3.10. The number of rotatable bonds is 19. The van der Waals surface area contributed by atoms with E-state index in [4.69, 9.17) is 4.74 Å². The van der Waals surface area contributed by atoms with E-state index in [0.717, 1.165) is 42.1 Å². The zero-order chi connectivity index (χ0) is 26.8. The number of anilines is 1. The molecular weight excluding hydrogens is 488 g/mol. The van der Waals surface area contributed by atoms with Crippen LogP contribution < -0.4 is 14.6 Å². The maximum atomic E-state index is 12.7. The van der Waals surface area contributed by atoms with Crippen LogP contribution in [-0.4, -0.2) is 12.5 Å². The molecule has 0 bridgehead atoms. The summed E-state index contributed by atoms with van der Waals surface area (Å²) in [5.41, 5.74) is 5.07. The first-order valence-electron chi connectivity index (χ1n) is 14.7. The summed E-state index contributed by atoms with van der Waals surface area (Å²) in [6.45, 7) is 5.88. The van der Waals surface area contributed by atoms with Crippen LogP contribution in [-0.2, 0) is 17.8 Å². The summed E-state index contributed by atoms with van der Waals surface area (Å²) >= 11 is 1.72. The molecule has 0 fully saturated rings. The van der Waals surface area contributed by atoms with Crippen molar-refractivity contribution in [3.63, 3.8) is 0 Å². The SMILES string of the molecule is CCCCCCCCCCCCCCOc1ccc(CC(=O)Nc2ccccc2C[n+]2csc(C)c2)cc1. The van der Waals surface area contributed by atoms with Gasteiger partial charge in [-0.25, -0.2) is 0 Å². The normalized spacial score (nSPS) is 11.0. The Labute approximate surface area is 234 Å². The third kappa shape index (κ3) is 11.8. The fraction of sp³-hybridized carbons (Fsp3) is 0.515. The van der Waals surface area contributed by atoms with Gasteiger partial charge in [0, 0.05) is 5.56 Å². The van der Waals surface area contributed by atoms with Gasteiger partial charge in [-0.3, -0.25) is 4.79 Å². The number of unbranched alkanes of at least 4 members (excludes halogenated alkanes) is 11. The fourth-order valence-corrected chi connectivity index (χ4v) is 5.35. The fourth-order valence-electron chi connectivity index (χ4n) is 4.72. The lowest BCUT2D eigenvalue weighted by Crippen LogP contribution is -2.31. The largest absolute Gasteiger partial charge is 0.494 e. The lowest BCUT2D eigenvalue weighted by Gasteiger charge is -2.10. The molecule has 0 saturated heterocycles. The van der Waals surface area contributed by atoms with Gasteiger partial charge in [-0.2, -0.15) is 4.57 Å². The van der Waals surface area contributed by atoms with E-state index in [2.05, 4.69) is 41.5 Å². The number of ether oxygens (including phenoxy) is 1. The van der Waals surface area contributed by atoms with Crippen LogP contribution in [0.4, 0.5) is 5.69 Å². The number of hydrogen-bond acceptors (Lipinski definition) is 3. The van der Waals surface area contributed by atoms with Gasteiger partial charge in [0.2, 0.25) is 11.4 Å². The lowest BCUT2D eigenvalue weighted by molar-refractivity contribution is -0.683. The molecular formula is C33H47N2O2S+. The number of nitrogens with one attached hydrogen (secondary N) is 1. The molecule has 2 aromatic carbocycles. The van der Waals surface area contributed by atoms with Crippen LogP contribution in [0.1, 0.15) is 100.0 Å². The summed E-state index contributed by atoms with van der Waals surface area (Å²) in [5.74, 6) is 0.875. The van der Waals surface area contributed by atoms with Crippen molar-refractivity contribution >= 4 is 22.9 Å². The van der Waals surface area contributed by atoms with Gasteiger partial charge in [-0.1, -0.05) is 119 Å². The number of nitrogens with zero attached hydrogens (tertiary/aromatic N) is 1. The minimum absolute atomic E-state index is 0.00545. The second-order valence-electron chi connectivity index (χ2n) is 10.4. The number of carbonyl (C=O) groups excluding carboxylic acids is 1. The van der Waals surface area contributed by atoms with Gasteiger partial charge >= 0.3 is 0 Å². The average molecular weight is 536 g/mol. The molecule has 5 heteroatoms. The summed E-state index contributed by atoms with van der Waals surface area (Å²) in [6, 6.07) is 16.0. The van der Waals surface area contributed by atoms with Crippen LogP contribution >= 0.6 is 11.3 Å². The van der Waals surface area contributed by atoms with Gasteiger partial charge < -0.3 is 10.1 Å². The second-order valence-corrected chi connectivity index (χ2v) is 11.5. The topological polar surface area (TPSA) is 42.2 Å². The molecule has 4 nitrogen and oxygen atoms in total. The number of aryl methyl sites for hydroxylation is 1. The molecule has 38 heavy (non-hydrogen) atoms. The molecule has 1 heterocycles. The van der Waals surface area contributed by atoms with Crippen LogP contribution in [0.25, 0.3) is 0 Å². The molecule has 3 rings (SSSR count). The predicted octanol–water partition coefficient (Wildman–Crippen LogP) is 8.65. The van der Waals surface area contributed by atoms with Crippen LogP contribution in [0.2, 0.25) is 0 Å². The molecule has 1 aromatic heterocycles. The minimum Gasteiger partial charge on any atom is -0.494 e. The monoisotopic (exact) mass is 535 g/mol. The van der Waals surface area contributed by atoms with E-state index < -0.39 is 0 Å². The van der Waals surface area contributed by atoms with Gasteiger partial charge in [-0.15, -0.1) is 0 Å². The second kappa shape index (κ2) is 17.8. The van der Waals surface area contributed by atoms with Crippen molar-refractivity contribution in [2.45, 2.75) is 104 Å². The zero-order valence-corrected chi connectivity index (χ0v) is 24.4. The number of carbonyl (C=O) groups is 1. The number of para-hydroxylation sites is 1. The Morgan fingerprint density at radius 3 is 2.11 bits per heavy atom. The Bertz CT molecular complexity index is 1060. The van der Waals surface area contributed by atoms with Crippen LogP contribution in [0.15, 0.2) is 60.2 Å². The lowest BCUT2D eigenvalue weighted by atomic mass is 10.1. The molecule has 3 aromatic rings. The van der Waals surface area contributed by atoms with Crippen LogP contribution in [0.5, 0.6) is 5.75 Å². The van der Waals surface area contributed by atoms with Gasteiger partial charge in [0.1, 0.15) is 5.75 Å². The molecule has 0 aliphatic carbocycles. The van der Waals surface area contributed by atoms with E-state index in [-0.39, 0.29) is 5.91 Å². The average Bonchev–Trinajstić information content (AvgIpc) is 3.33. The van der Waals surface area contributed by atoms with Crippen molar-refractivity contribution in [1.29, 1.82) is 0 Å². The highest BCUT2D eigenvalue weighted by molar-refractivity contribution is 7.09. The third-order valence-electron chi connectivity index (χ3n) is 6.92. The molecule has 0 atom stereocenters. The molecule has 1 amide bonds. The maximum absolute atomic E-state index is 12.7. The first-order valence-corrected chi connectivity index (χ1v) is 15.6. The van der Waals surface area contributed by atoms with E-state index >= 15 is 0 Å². The molecule has 0 aliphatic rings. The highest BCUT2D eigenvalue weighted by Crippen LogP contribution is 2.18. The Morgan fingerprint density at radius 2 is 1.47 bits per heavy atom. The molecule has 0 saturated carbocycles. The summed E-state index contributed by atoms with van der Waals surface area (Å²) in [7, 11) is 0. The van der Waals surface area contributed by atoms with Gasteiger partial charge in [0.25, 0.3) is 0 Å². The number of benzene rings is 2. The van der Waals surface area contributed by atoms with Crippen molar-refractivity contribution in [1.82, 2.24) is 0 Å². The standard InChI is InChI=1S/C33H46N2O2S/c1-3-4-5-6-7-8-9-10-11-12-13-16-23-37-31-21-19-29(20-22-31)24-33(36)34-32-18-15-14-17-30(32)26-35-25-28(2)38-27-35/h14-15,17-22,25,27H,3-13,16,23-24,26H2,1-2H3/p+1. The van der Waals surface area contributed by atoms with E-state index in [1.807, 2.05) is 42.5 Å². The van der Waals surface area contributed by atoms with Crippen LogP contribution in [0, 0.1) is 6.92 Å². The summed E-state index contributed by atoms with van der Waals surface area (Å²) < 4.78 is 8.08. The zero-order valence-electron chi connectivity index (χ0n) is 23.6. The summed E-state index contributed by atoms with van der Waals surface area (Å²) in [4.78, 5) is 14.0. The van der Waals surface area contributed by atoms with E-state index in [9.17, 15) is 4.79 Å². The van der Waals surface area contributed by atoms with Gasteiger partial charge in [0.05, 0.1) is 23.6 Å². The quantitative estimate of drug-likeness (QED) is 0.123. The first kappa shape index (κ1) is 29.9. The molecule has 0 aliphatic heterocycles. The number of aromatic nitrogens is 1. The molecule has 0 unspecified atom stereocenters.